The fourth-order valence-electron chi connectivity index (χ4n) is 2.74. The predicted octanol–water partition coefficient (Wildman–Crippen LogP) is 3.27. The highest BCUT2D eigenvalue weighted by Crippen LogP contribution is 2.24. The molecule has 0 unspecified atom stereocenters. The standard InChI is InChI=1S/C19H15F2N3O/c1-23(2)18-8-17-15(7-16(18)21)19(25)13(9-22)11-24(17)10-12-3-5-14(20)6-4-12/h3-8,11H,10H2,1-2H3. The Hall–Kier alpha value is -3.20. The van der Waals surface area contributed by atoms with Crippen molar-refractivity contribution in [1.29, 1.82) is 5.26 Å². The van der Waals surface area contributed by atoms with E-state index < -0.39 is 11.2 Å². The van der Waals surface area contributed by atoms with Crippen LogP contribution in [0.2, 0.25) is 0 Å². The van der Waals surface area contributed by atoms with E-state index in [4.69, 9.17) is 0 Å². The molecule has 0 atom stereocenters. The van der Waals surface area contributed by atoms with E-state index in [0.717, 1.165) is 11.6 Å². The van der Waals surface area contributed by atoms with Crippen LogP contribution in [0.1, 0.15) is 11.1 Å². The van der Waals surface area contributed by atoms with E-state index in [9.17, 15) is 18.8 Å². The zero-order chi connectivity index (χ0) is 18.1. The Morgan fingerprint density at radius 3 is 2.44 bits per heavy atom. The Morgan fingerprint density at radius 2 is 1.84 bits per heavy atom. The van der Waals surface area contributed by atoms with Crippen molar-refractivity contribution in [3.8, 4) is 6.07 Å². The second kappa shape index (κ2) is 6.36. The number of benzene rings is 2. The molecular formula is C19H15F2N3O. The van der Waals surface area contributed by atoms with E-state index in [1.54, 1.807) is 41.8 Å². The van der Waals surface area contributed by atoms with Crippen molar-refractivity contribution < 1.29 is 8.78 Å². The molecule has 2 aromatic carbocycles. The predicted molar refractivity (Wildman–Crippen MR) is 92.7 cm³/mol. The number of anilines is 1. The minimum absolute atomic E-state index is 0.0633. The van der Waals surface area contributed by atoms with Crippen LogP contribution in [0.4, 0.5) is 14.5 Å². The van der Waals surface area contributed by atoms with Crippen LogP contribution in [0, 0.1) is 23.0 Å². The first-order valence-corrected chi connectivity index (χ1v) is 7.59. The number of nitriles is 1. The van der Waals surface area contributed by atoms with Gasteiger partial charge in [-0.1, -0.05) is 12.1 Å². The van der Waals surface area contributed by atoms with Gasteiger partial charge in [-0.15, -0.1) is 0 Å². The topological polar surface area (TPSA) is 49.0 Å². The fraction of sp³-hybridized carbons (Fsp3) is 0.158. The van der Waals surface area contributed by atoms with Crippen molar-refractivity contribution in [1.82, 2.24) is 4.57 Å². The summed E-state index contributed by atoms with van der Waals surface area (Å²) >= 11 is 0. The van der Waals surface area contributed by atoms with Crippen LogP contribution in [0.25, 0.3) is 10.9 Å². The molecule has 0 saturated carbocycles. The molecule has 0 bridgehead atoms. The minimum atomic E-state index is -0.530. The number of aromatic nitrogens is 1. The van der Waals surface area contributed by atoms with E-state index in [-0.39, 0.29) is 16.8 Å². The molecule has 0 aliphatic rings. The monoisotopic (exact) mass is 339 g/mol. The van der Waals surface area contributed by atoms with Crippen LogP contribution in [0.15, 0.2) is 47.4 Å². The Balaban J connectivity index is 2.27. The van der Waals surface area contributed by atoms with Crippen molar-refractivity contribution in [2.75, 3.05) is 19.0 Å². The lowest BCUT2D eigenvalue weighted by Crippen LogP contribution is -2.16. The van der Waals surface area contributed by atoms with E-state index in [1.165, 1.54) is 18.3 Å². The summed E-state index contributed by atoms with van der Waals surface area (Å²) in [6.07, 6.45) is 1.45. The molecule has 0 aliphatic carbocycles. The second-order valence-electron chi connectivity index (χ2n) is 5.95. The maximum atomic E-state index is 14.3. The van der Waals surface area contributed by atoms with Crippen LogP contribution in [-0.2, 0) is 6.54 Å². The largest absolute Gasteiger partial charge is 0.375 e. The number of nitrogens with zero attached hydrogens (tertiary/aromatic N) is 3. The van der Waals surface area contributed by atoms with Gasteiger partial charge in [0.1, 0.15) is 23.3 Å². The highest BCUT2D eigenvalue weighted by Gasteiger charge is 2.14. The van der Waals surface area contributed by atoms with Crippen LogP contribution in [0.3, 0.4) is 0 Å². The first kappa shape index (κ1) is 16.7. The summed E-state index contributed by atoms with van der Waals surface area (Å²) in [5.41, 5.74) is 1.08. The summed E-state index contributed by atoms with van der Waals surface area (Å²) in [4.78, 5) is 14.0. The summed E-state index contributed by atoms with van der Waals surface area (Å²) in [5, 5.41) is 9.34. The molecule has 1 heterocycles. The smallest absolute Gasteiger partial charge is 0.207 e. The van der Waals surface area contributed by atoms with Crippen LogP contribution in [0.5, 0.6) is 0 Å². The molecule has 1 aromatic heterocycles. The number of rotatable bonds is 3. The lowest BCUT2D eigenvalue weighted by molar-refractivity contribution is 0.625. The molecular weight excluding hydrogens is 324 g/mol. The number of pyridine rings is 1. The average molecular weight is 339 g/mol. The van der Waals surface area contributed by atoms with Gasteiger partial charge in [-0.3, -0.25) is 4.79 Å². The maximum absolute atomic E-state index is 14.3. The Kier molecular flexibility index (Phi) is 4.24. The maximum Gasteiger partial charge on any atom is 0.207 e. The number of hydrogen-bond acceptors (Lipinski definition) is 3. The van der Waals surface area contributed by atoms with Gasteiger partial charge >= 0.3 is 0 Å². The highest BCUT2D eigenvalue weighted by atomic mass is 19.1. The van der Waals surface area contributed by atoms with E-state index >= 15 is 0 Å². The van der Waals surface area contributed by atoms with E-state index in [1.807, 2.05) is 6.07 Å². The molecule has 6 heteroatoms. The fourth-order valence-corrected chi connectivity index (χ4v) is 2.74. The first-order valence-electron chi connectivity index (χ1n) is 7.59. The van der Waals surface area contributed by atoms with Gasteiger partial charge in [-0.2, -0.15) is 5.26 Å². The molecule has 0 saturated heterocycles. The lowest BCUT2D eigenvalue weighted by atomic mass is 10.1. The van der Waals surface area contributed by atoms with E-state index in [0.29, 0.717) is 17.7 Å². The second-order valence-corrected chi connectivity index (χ2v) is 5.95. The molecule has 4 nitrogen and oxygen atoms in total. The molecule has 0 fully saturated rings. The van der Waals surface area contributed by atoms with Gasteiger partial charge in [0.15, 0.2) is 0 Å². The third-order valence-electron chi connectivity index (χ3n) is 4.02. The van der Waals surface area contributed by atoms with Crippen molar-refractivity contribution in [2.45, 2.75) is 6.54 Å². The molecule has 0 N–H and O–H groups in total. The molecule has 0 amide bonds. The number of fused-ring (bicyclic) bond motifs is 1. The Labute approximate surface area is 143 Å². The lowest BCUT2D eigenvalue weighted by Gasteiger charge is -2.17. The quantitative estimate of drug-likeness (QED) is 0.736. The minimum Gasteiger partial charge on any atom is -0.375 e. The molecule has 0 radical (unpaired) electrons. The van der Waals surface area contributed by atoms with Gasteiger partial charge < -0.3 is 9.47 Å². The summed E-state index contributed by atoms with van der Waals surface area (Å²) < 4.78 is 29.1. The summed E-state index contributed by atoms with van der Waals surface area (Å²) in [6.45, 7) is 0.324. The molecule has 126 valence electrons. The molecule has 3 rings (SSSR count). The molecule has 0 spiro atoms. The van der Waals surface area contributed by atoms with Crippen LogP contribution in [-0.4, -0.2) is 18.7 Å². The van der Waals surface area contributed by atoms with Gasteiger partial charge in [0.25, 0.3) is 0 Å². The average Bonchev–Trinajstić information content (AvgIpc) is 2.58. The summed E-state index contributed by atoms with van der Waals surface area (Å²) in [5.74, 6) is -0.874. The van der Waals surface area contributed by atoms with Gasteiger partial charge in [0.2, 0.25) is 5.43 Å². The van der Waals surface area contributed by atoms with Gasteiger partial charge in [-0.05, 0) is 29.8 Å². The Morgan fingerprint density at radius 1 is 1.16 bits per heavy atom. The van der Waals surface area contributed by atoms with Gasteiger partial charge in [0, 0.05) is 26.8 Å². The van der Waals surface area contributed by atoms with Gasteiger partial charge in [0.05, 0.1) is 16.6 Å². The van der Waals surface area contributed by atoms with Crippen LogP contribution < -0.4 is 10.3 Å². The molecule has 25 heavy (non-hydrogen) atoms. The van der Waals surface area contributed by atoms with Crippen LogP contribution >= 0.6 is 0 Å². The third-order valence-corrected chi connectivity index (χ3v) is 4.02. The zero-order valence-electron chi connectivity index (χ0n) is 13.8. The normalized spacial score (nSPS) is 10.7. The summed E-state index contributed by atoms with van der Waals surface area (Å²) in [7, 11) is 3.41. The SMILES string of the molecule is CN(C)c1cc2c(cc1F)c(=O)c(C#N)cn2Cc1ccc(F)cc1. The zero-order valence-corrected chi connectivity index (χ0v) is 13.8. The van der Waals surface area contributed by atoms with Crippen molar-refractivity contribution >= 4 is 16.6 Å². The van der Waals surface area contributed by atoms with E-state index in [2.05, 4.69) is 0 Å². The van der Waals surface area contributed by atoms with Crippen molar-refractivity contribution in [3.05, 3.63) is 75.6 Å². The van der Waals surface area contributed by atoms with Crippen molar-refractivity contribution in [2.24, 2.45) is 0 Å². The molecule has 0 aliphatic heterocycles. The number of halogens is 2. The first-order chi connectivity index (χ1) is 11.9. The van der Waals surface area contributed by atoms with Crippen molar-refractivity contribution in [3.63, 3.8) is 0 Å². The third kappa shape index (κ3) is 3.09. The Bertz CT molecular complexity index is 1050. The summed E-state index contributed by atoms with van der Waals surface area (Å²) in [6, 6.07) is 10.5. The number of hydrogen-bond donors (Lipinski definition) is 0. The van der Waals surface area contributed by atoms with Gasteiger partial charge in [-0.25, -0.2) is 8.78 Å². The highest BCUT2D eigenvalue weighted by molar-refractivity contribution is 5.84. The molecule has 3 aromatic rings.